The molecule has 0 radical (unpaired) electrons. The summed E-state index contributed by atoms with van der Waals surface area (Å²) >= 11 is 0. The second-order valence-electron chi connectivity index (χ2n) is 1.49. The fraction of sp³-hybridized carbons (Fsp3) is 0.167. The molecule has 1 rings (SSSR count). The first-order valence-electron chi connectivity index (χ1n) is 2.22. The number of aromatic nitrogens is 1. The molecular formula is C6H5NO. The van der Waals surface area contributed by atoms with E-state index in [1.165, 1.54) is 6.26 Å². The van der Waals surface area contributed by atoms with Crippen LogP contribution in [0.3, 0.4) is 0 Å². The highest BCUT2D eigenvalue weighted by Gasteiger charge is 1.94. The summed E-state index contributed by atoms with van der Waals surface area (Å²) in [5.41, 5.74) is 1.50. The zero-order valence-electron chi connectivity index (χ0n) is 4.51. The minimum Gasteiger partial charge on any atom is -0.363 e. The summed E-state index contributed by atoms with van der Waals surface area (Å²) in [6, 6.07) is 0. The Kier molecular flexibility index (Phi) is 1.05. The number of aryl methyl sites for hydroxylation is 1. The summed E-state index contributed by atoms with van der Waals surface area (Å²) in [7, 11) is 0. The van der Waals surface area contributed by atoms with Crippen molar-refractivity contribution in [3.63, 3.8) is 0 Å². The van der Waals surface area contributed by atoms with Crippen LogP contribution >= 0.6 is 0 Å². The van der Waals surface area contributed by atoms with Gasteiger partial charge in [0.1, 0.15) is 6.26 Å². The predicted octanol–water partition coefficient (Wildman–Crippen LogP) is 0.964. The van der Waals surface area contributed by atoms with Gasteiger partial charge in [-0.1, -0.05) is 5.16 Å². The molecule has 0 fully saturated rings. The summed E-state index contributed by atoms with van der Waals surface area (Å²) in [5, 5.41) is 3.52. The molecule has 0 aliphatic heterocycles. The lowest BCUT2D eigenvalue weighted by Gasteiger charge is -1.74. The summed E-state index contributed by atoms with van der Waals surface area (Å²) in [4.78, 5) is 0. The van der Waals surface area contributed by atoms with Gasteiger partial charge in [-0.15, -0.1) is 6.42 Å². The van der Waals surface area contributed by atoms with Crippen molar-refractivity contribution >= 4 is 0 Å². The Labute approximate surface area is 47.5 Å². The molecule has 0 unspecified atom stereocenters. The first-order chi connectivity index (χ1) is 3.84. The van der Waals surface area contributed by atoms with Crippen molar-refractivity contribution in [3.8, 4) is 12.3 Å². The minimum absolute atomic E-state index is 0.588. The molecule has 0 N–H and O–H groups in total. The largest absolute Gasteiger partial charge is 0.363 e. The number of hydrogen-bond acceptors (Lipinski definition) is 2. The Hall–Kier alpha value is -1.23. The average Bonchev–Trinajstić information content (AvgIpc) is 2.14. The molecule has 0 saturated heterocycles. The Morgan fingerprint density at radius 3 is 2.88 bits per heavy atom. The van der Waals surface area contributed by atoms with Crippen LogP contribution in [-0.2, 0) is 0 Å². The molecule has 0 amide bonds. The van der Waals surface area contributed by atoms with Gasteiger partial charge in [-0.3, -0.25) is 0 Å². The van der Waals surface area contributed by atoms with Crippen molar-refractivity contribution in [1.82, 2.24) is 5.16 Å². The van der Waals surface area contributed by atoms with Crippen LogP contribution in [0.1, 0.15) is 11.3 Å². The Morgan fingerprint density at radius 2 is 2.62 bits per heavy atom. The first kappa shape index (κ1) is 4.92. The van der Waals surface area contributed by atoms with Crippen LogP contribution in [0.15, 0.2) is 10.8 Å². The number of terminal acetylenes is 1. The van der Waals surface area contributed by atoms with E-state index in [9.17, 15) is 0 Å². The van der Waals surface area contributed by atoms with Crippen molar-refractivity contribution < 1.29 is 4.52 Å². The number of nitrogens with zero attached hydrogens (tertiary/aromatic N) is 1. The number of hydrogen-bond donors (Lipinski definition) is 0. The molecule has 1 heterocycles. The number of rotatable bonds is 0. The lowest BCUT2D eigenvalue weighted by molar-refractivity contribution is 0.417. The van der Waals surface area contributed by atoms with E-state index in [2.05, 4.69) is 15.6 Å². The topological polar surface area (TPSA) is 26.0 Å². The minimum atomic E-state index is 0.588. The van der Waals surface area contributed by atoms with Crippen LogP contribution in [-0.4, -0.2) is 5.16 Å². The third-order valence-corrected chi connectivity index (χ3v) is 0.884. The van der Waals surface area contributed by atoms with Crippen LogP contribution in [0.5, 0.6) is 0 Å². The van der Waals surface area contributed by atoms with Gasteiger partial charge < -0.3 is 4.52 Å². The van der Waals surface area contributed by atoms with Crippen molar-refractivity contribution in [3.05, 3.63) is 17.5 Å². The van der Waals surface area contributed by atoms with Gasteiger partial charge >= 0.3 is 0 Å². The van der Waals surface area contributed by atoms with E-state index in [0.717, 1.165) is 5.56 Å². The average molecular weight is 107 g/mol. The summed E-state index contributed by atoms with van der Waals surface area (Å²) in [6.45, 7) is 1.85. The van der Waals surface area contributed by atoms with Gasteiger partial charge in [-0.05, 0) is 12.8 Å². The summed E-state index contributed by atoms with van der Waals surface area (Å²) < 4.78 is 4.54. The molecule has 8 heavy (non-hydrogen) atoms. The lowest BCUT2D eigenvalue weighted by Crippen LogP contribution is -1.72. The highest BCUT2D eigenvalue weighted by atomic mass is 16.5. The van der Waals surface area contributed by atoms with Crippen LogP contribution in [0.25, 0.3) is 0 Å². The Bertz CT molecular complexity index is 219. The lowest BCUT2D eigenvalue weighted by atomic mass is 10.3. The van der Waals surface area contributed by atoms with Gasteiger partial charge in [-0.2, -0.15) is 0 Å². The van der Waals surface area contributed by atoms with Crippen LogP contribution in [0.4, 0.5) is 0 Å². The van der Waals surface area contributed by atoms with Crippen LogP contribution in [0.2, 0.25) is 0 Å². The molecule has 0 spiro atoms. The highest BCUT2D eigenvalue weighted by molar-refractivity contribution is 5.28. The third-order valence-electron chi connectivity index (χ3n) is 0.884. The maximum atomic E-state index is 5.02. The molecule has 0 aliphatic carbocycles. The Balaban J connectivity index is 3.15. The molecule has 0 atom stereocenters. The predicted molar refractivity (Wildman–Crippen MR) is 29.2 cm³/mol. The standard InChI is InChI=1S/C6H5NO/c1-3-6-5(2)4-8-7-6/h1,4H,2H3. The second kappa shape index (κ2) is 1.71. The van der Waals surface area contributed by atoms with Crippen molar-refractivity contribution in [1.29, 1.82) is 0 Å². The molecule has 0 aromatic carbocycles. The zero-order valence-corrected chi connectivity index (χ0v) is 4.51. The van der Waals surface area contributed by atoms with Gasteiger partial charge in [-0.25, -0.2) is 0 Å². The van der Waals surface area contributed by atoms with E-state index in [1.807, 2.05) is 6.92 Å². The van der Waals surface area contributed by atoms with E-state index in [0.29, 0.717) is 5.69 Å². The van der Waals surface area contributed by atoms with Crippen LogP contribution < -0.4 is 0 Å². The molecule has 40 valence electrons. The van der Waals surface area contributed by atoms with Gasteiger partial charge in [0.05, 0.1) is 0 Å². The fourth-order valence-corrected chi connectivity index (χ4v) is 0.426. The smallest absolute Gasteiger partial charge is 0.158 e. The fourth-order valence-electron chi connectivity index (χ4n) is 0.426. The molecule has 1 aromatic rings. The van der Waals surface area contributed by atoms with E-state index in [-0.39, 0.29) is 0 Å². The van der Waals surface area contributed by atoms with Crippen LogP contribution in [0, 0.1) is 19.3 Å². The van der Waals surface area contributed by atoms with Gasteiger partial charge in [0, 0.05) is 5.56 Å². The van der Waals surface area contributed by atoms with Gasteiger partial charge in [0.2, 0.25) is 0 Å². The van der Waals surface area contributed by atoms with E-state index < -0.39 is 0 Å². The van der Waals surface area contributed by atoms with E-state index in [4.69, 9.17) is 6.42 Å². The van der Waals surface area contributed by atoms with E-state index in [1.54, 1.807) is 0 Å². The van der Waals surface area contributed by atoms with Gasteiger partial charge in [0.15, 0.2) is 5.69 Å². The first-order valence-corrected chi connectivity index (χ1v) is 2.22. The molecule has 2 heteroatoms. The molecule has 0 bridgehead atoms. The summed E-state index contributed by atoms with van der Waals surface area (Å²) in [5.74, 6) is 2.37. The van der Waals surface area contributed by atoms with Gasteiger partial charge in [0.25, 0.3) is 0 Å². The zero-order chi connectivity index (χ0) is 5.98. The molecule has 0 saturated carbocycles. The maximum absolute atomic E-state index is 5.02. The quantitative estimate of drug-likeness (QED) is 0.461. The van der Waals surface area contributed by atoms with E-state index >= 15 is 0 Å². The summed E-state index contributed by atoms with van der Waals surface area (Å²) in [6.07, 6.45) is 6.55. The molecule has 1 aromatic heterocycles. The molecule has 2 nitrogen and oxygen atoms in total. The SMILES string of the molecule is C#Cc1nocc1C. The van der Waals surface area contributed by atoms with Crippen molar-refractivity contribution in [2.45, 2.75) is 6.92 Å². The molecular weight excluding hydrogens is 102 g/mol. The van der Waals surface area contributed by atoms with Crippen molar-refractivity contribution in [2.24, 2.45) is 0 Å². The van der Waals surface area contributed by atoms with Crippen molar-refractivity contribution in [2.75, 3.05) is 0 Å². The monoisotopic (exact) mass is 107 g/mol. The highest BCUT2D eigenvalue weighted by Crippen LogP contribution is 2.00. The maximum Gasteiger partial charge on any atom is 0.158 e. The normalized spacial score (nSPS) is 8.50. The molecule has 0 aliphatic rings. The second-order valence-corrected chi connectivity index (χ2v) is 1.49. The third kappa shape index (κ3) is 0.584. The Morgan fingerprint density at radius 1 is 1.88 bits per heavy atom.